The van der Waals surface area contributed by atoms with Crippen LogP contribution in [0.1, 0.15) is 29.5 Å². The molecule has 1 aliphatic carbocycles. The summed E-state index contributed by atoms with van der Waals surface area (Å²) in [4.78, 5) is 24.9. The number of hydrogen-bond acceptors (Lipinski definition) is 3. The zero-order valence-corrected chi connectivity index (χ0v) is 17.6. The molecule has 32 heavy (non-hydrogen) atoms. The molecule has 3 aromatic rings. The Morgan fingerprint density at radius 2 is 1.50 bits per heavy atom. The van der Waals surface area contributed by atoms with Gasteiger partial charge in [-0.2, -0.15) is 0 Å². The minimum Gasteiger partial charge on any atom is -0.397 e. The number of rotatable bonds is 7. The van der Waals surface area contributed by atoms with Crippen molar-refractivity contribution in [2.24, 2.45) is 0 Å². The van der Waals surface area contributed by atoms with Gasteiger partial charge >= 0.3 is 0 Å². The van der Waals surface area contributed by atoms with E-state index >= 15 is 0 Å². The number of nitrogens with two attached hydrogens (primary N) is 1. The van der Waals surface area contributed by atoms with Gasteiger partial charge in [-0.15, -0.1) is 0 Å². The van der Waals surface area contributed by atoms with Crippen molar-refractivity contribution in [3.05, 3.63) is 102 Å². The highest BCUT2D eigenvalue weighted by molar-refractivity contribution is 6.24. The van der Waals surface area contributed by atoms with Crippen LogP contribution in [0.15, 0.2) is 84.9 Å². The van der Waals surface area contributed by atoms with E-state index < -0.39 is 0 Å². The van der Waals surface area contributed by atoms with Crippen molar-refractivity contribution in [2.75, 3.05) is 11.1 Å². The Balaban J connectivity index is 1.47. The lowest BCUT2D eigenvalue weighted by molar-refractivity contribution is -0.115. The van der Waals surface area contributed by atoms with Crippen LogP contribution in [0.4, 0.5) is 11.4 Å². The molecule has 1 fully saturated rings. The van der Waals surface area contributed by atoms with Gasteiger partial charge in [0.2, 0.25) is 5.91 Å². The fraction of sp³-hybridized carbons (Fsp3) is 0.111. The zero-order valence-electron chi connectivity index (χ0n) is 17.6. The molecular formula is C27H25N3O2. The number of amides is 2. The summed E-state index contributed by atoms with van der Waals surface area (Å²) in [6, 6.07) is 24.8. The van der Waals surface area contributed by atoms with E-state index in [2.05, 4.69) is 10.6 Å². The Morgan fingerprint density at radius 3 is 2.19 bits per heavy atom. The van der Waals surface area contributed by atoms with Gasteiger partial charge in [-0.3, -0.25) is 9.59 Å². The van der Waals surface area contributed by atoms with Gasteiger partial charge in [0, 0.05) is 17.7 Å². The summed E-state index contributed by atoms with van der Waals surface area (Å²) in [6.07, 6.45) is 7.18. The fourth-order valence-corrected chi connectivity index (χ4v) is 3.22. The van der Waals surface area contributed by atoms with Crippen LogP contribution in [0.5, 0.6) is 0 Å². The Morgan fingerprint density at radius 1 is 0.844 bits per heavy atom. The number of carbonyl (C=O) groups is 2. The maximum atomic E-state index is 12.8. The molecule has 0 heterocycles. The molecule has 4 rings (SSSR count). The standard InChI is InChI=1S/C27H25N3O2/c28-24-8-4-5-9-25(24)30-26(31)17-14-19-10-12-20(13-11-19)18-23(21-6-2-1-3-7-21)27(32)29-22-15-16-22/h1-14,17-18,22H,15-16,28H2,(H,29,32)(H,30,31)/b17-14+,23-18+. The van der Waals surface area contributed by atoms with E-state index in [1.807, 2.05) is 72.8 Å². The lowest BCUT2D eigenvalue weighted by Crippen LogP contribution is -2.26. The van der Waals surface area contributed by atoms with Crippen LogP contribution in [0.2, 0.25) is 0 Å². The molecule has 5 heteroatoms. The van der Waals surface area contributed by atoms with E-state index in [-0.39, 0.29) is 11.8 Å². The van der Waals surface area contributed by atoms with Crippen LogP contribution < -0.4 is 16.4 Å². The fourth-order valence-electron chi connectivity index (χ4n) is 3.22. The number of para-hydroxylation sites is 2. The van der Waals surface area contributed by atoms with Crippen LogP contribution in [0.3, 0.4) is 0 Å². The third-order valence-electron chi connectivity index (χ3n) is 5.14. The minimum atomic E-state index is -0.255. The number of carbonyl (C=O) groups excluding carboxylic acids is 2. The number of nitrogen functional groups attached to an aromatic ring is 1. The van der Waals surface area contributed by atoms with Crippen molar-refractivity contribution in [3.8, 4) is 0 Å². The third kappa shape index (κ3) is 5.73. The first-order chi connectivity index (χ1) is 15.6. The molecule has 0 aliphatic heterocycles. The first-order valence-corrected chi connectivity index (χ1v) is 10.6. The molecule has 1 saturated carbocycles. The van der Waals surface area contributed by atoms with Crippen LogP contribution in [0, 0.1) is 0 Å². The molecule has 0 bridgehead atoms. The smallest absolute Gasteiger partial charge is 0.252 e. The lowest BCUT2D eigenvalue weighted by Gasteiger charge is -2.09. The van der Waals surface area contributed by atoms with E-state index in [4.69, 9.17) is 5.73 Å². The van der Waals surface area contributed by atoms with Crippen molar-refractivity contribution in [3.63, 3.8) is 0 Å². The SMILES string of the molecule is Nc1ccccc1NC(=O)/C=C/c1ccc(/C=C(/C(=O)NC2CC2)c2ccccc2)cc1. The predicted octanol–water partition coefficient (Wildman–Crippen LogP) is 4.74. The molecule has 3 aromatic carbocycles. The molecule has 0 spiro atoms. The highest BCUT2D eigenvalue weighted by atomic mass is 16.2. The maximum Gasteiger partial charge on any atom is 0.252 e. The van der Waals surface area contributed by atoms with Crippen molar-refractivity contribution in [1.29, 1.82) is 0 Å². The minimum absolute atomic E-state index is 0.0560. The summed E-state index contributed by atoms with van der Waals surface area (Å²) < 4.78 is 0. The van der Waals surface area contributed by atoms with Crippen LogP contribution in [-0.2, 0) is 9.59 Å². The Kier molecular flexibility index (Phi) is 6.46. The lowest BCUT2D eigenvalue weighted by atomic mass is 10.0. The number of benzene rings is 3. The van der Waals surface area contributed by atoms with Crippen LogP contribution >= 0.6 is 0 Å². The first-order valence-electron chi connectivity index (χ1n) is 10.6. The molecule has 0 radical (unpaired) electrons. The van der Waals surface area contributed by atoms with E-state index in [0.717, 1.165) is 29.5 Å². The van der Waals surface area contributed by atoms with Crippen molar-refractivity contribution in [2.45, 2.75) is 18.9 Å². The third-order valence-corrected chi connectivity index (χ3v) is 5.14. The van der Waals surface area contributed by atoms with Gasteiger partial charge in [0.15, 0.2) is 0 Å². The molecular weight excluding hydrogens is 398 g/mol. The van der Waals surface area contributed by atoms with E-state index in [0.29, 0.717) is 23.0 Å². The zero-order chi connectivity index (χ0) is 22.3. The van der Waals surface area contributed by atoms with Gasteiger partial charge < -0.3 is 16.4 Å². The van der Waals surface area contributed by atoms with Gasteiger partial charge in [0.25, 0.3) is 5.91 Å². The highest BCUT2D eigenvalue weighted by Crippen LogP contribution is 2.23. The number of nitrogens with one attached hydrogen (secondary N) is 2. The molecule has 4 N–H and O–H groups in total. The summed E-state index contributed by atoms with van der Waals surface area (Å²) in [7, 11) is 0. The van der Waals surface area contributed by atoms with E-state index in [1.54, 1.807) is 18.2 Å². The molecule has 0 unspecified atom stereocenters. The molecule has 0 aromatic heterocycles. The second-order valence-corrected chi connectivity index (χ2v) is 7.75. The molecule has 160 valence electrons. The molecule has 0 saturated heterocycles. The van der Waals surface area contributed by atoms with Crippen molar-refractivity contribution >= 4 is 40.9 Å². The maximum absolute atomic E-state index is 12.8. The summed E-state index contributed by atoms with van der Waals surface area (Å²) in [5.41, 5.74) is 10.3. The second kappa shape index (κ2) is 9.79. The van der Waals surface area contributed by atoms with E-state index in [9.17, 15) is 9.59 Å². The normalized spacial score (nSPS) is 13.7. The molecule has 1 aliphatic rings. The topological polar surface area (TPSA) is 84.2 Å². The Labute approximate surface area is 187 Å². The summed E-state index contributed by atoms with van der Waals surface area (Å²) in [6.45, 7) is 0. The molecule has 2 amide bonds. The van der Waals surface area contributed by atoms with Crippen LogP contribution in [-0.4, -0.2) is 17.9 Å². The summed E-state index contributed by atoms with van der Waals surface area (Å²) in [5.74, 6) is -0.311. The average Bonchev–Trinajstić information content (AvgIpc) is 3.63. The molecule has 0 atom stereocenters. The van der Waals surface area contributed by atoms with Crippen LogP contribution in [0.25, 0.3) is 17.7 Å². The van der Waals surface area contributed by atoms with Gasteiger partial charge in [0.1, 0.15) is 0 Å². The molecule has 5 nitrogen and oxygen atoms in total. The highest BCUT2D eigenvalue weighted by Gasteiger charge is 2.25. The largest absolute Gasteiger partial charge is 0.397 e. The van der Waals surface area contributed by atoms with Crippen molar-refractivity contribution in [1.82, 2.24) is 5.32 Å². The summed E-state index contributed by atoms with van der Waals surface area (Å²) >= 11 is 0. The number of hydrogen-bond donors (Lipinski definition) is 3. The van der Waals surface area contributed by atoms with Gasteiger partial charge in [0.05, 0.1) is 11.4 Å². The second-order valence-electron chi connectivity index (χ2n) is 7.75. The van der Waals surface area contributed by atoms with E-state index in [1.165, 1.54) is 6.08 Å². The quantitative estimate of drug-likeness (QED) is 0.292. The first kappa shape index (κ1) is 21.1. The summed E-state index contributed by atoms with van der Waals surface area (Å²) in [5, 5.41) is 5.83. The number of anilines is 2. The van der Waals surface area contributed by atoms with Gasteiger partial charge in [-0.1, -0.05) is 66.7 Å². The predicted molar refractivity (Wildman–Crippen MR) is 130 cm³/mol. The van der Waals surface area contributed by atoms with Gasteiger partial charge in [-0.05, 0) is 53.8 Å². The van der Waals surface area contributed by atoms with Gasteiger partial charge in [-0.25, -0.2) is 0 Å². The Bertz CT molecular complexity index is 1160. The monoisotopic (exact) mass is 423 g/mol. The van der Waals surface area contributed by atoms with Crippen molar-refractivity contribution < 1.29 is 9.59 Å². The average molecular weight is 424 g/mol. The Hall–Kier alpha value is -4.12.